The molecule has 0 saturated heterocycles. The van der Waals surface area contributed by atoms with Gasteiger partial charge in [-0.2, -0.15) is 0 Å². The summed E-state index contributed by atoms with van der Waals surface area (Å²) in [5.74, 6) is 0.141. The molecule has 0 aromatic rings. The molecule has 1 fully saturated rings. The van der Waals surface area contributed by atoms with Crippen molar-refractivity contribution < 1.29 is 9.90 Å². The van der Waals surface area contributed by atoms with Crippen LogP contribution in [-0.2, 0) is 4.79 Å². The molecule has 1 atom stereocenters. The maximum Gasteiger partial charge on any atom is 0.240 e. The average Bonchev–Trinajstić information content (AvgIpc) is 2.12. The predicted molar refractivity (Wildman–Crippen MR) is 59.3 cm³/mol. The molecule has 0 heterocycles. The van der Waals surface area contributed by atoms with Crippen molar-refractivity contribution in [2.75, 3.05) is 13.2 Å². The van der Waals surface area contributed by atoms with Gasteiger partial charge in [0.05, 0.1) is 12.6 Å². The lowest BCUT2D eigenvalue weighted by molar-refractivity contribution is -0.138. The predicted octanol–water partition coefficient (Wildman–Crippen LogP) is 0.343. The highest BCUT2D eigenvalue weighted by atomic mass is 16.3. The van der Waals surface area contributed by atoms with Crippen LogP contribution in [0.25, 0.3) is 0 Å². The molecule has 1 aliphatic rings. The van der Waals surface area contributed by atoms with Crippen LogP contribution in [0.4, 0.5) is 0 Å². The fourth-order valence-corrected chi connectivity index (χ4v) is 1.76. The van der Waals surface area contributed by atoms with Crippen LogP contribution in [0.5, 0.6) is 0 Å². The summed E-state index contributed by atoms with van der Waals surface area (Å²) in [6.07, 6.45) is 3.28. The molecule has 0 radical (unpaired) electrons. The molecule has 1 saturated carbocycles. The number of aliphatic hydroxyl groups is 1. The van der Waals surface area contributed by atoms with Gasteiger partial charge >= 0.3 is 0 Å². The van der Waals surface area contributed by atoms with Gasteiger partial charge in [-0.3, -0.25) is 4.79 Å². The highest BCUT2D eigenvalue weighted by molar-refractivity contribution is 5.82. The highest BCUT2D eigenvalue weighted by Gasteiger charge is 2.31. The molecule has 0 spiro atoms. The molecular weight excluding hydrogens is 192 g/mol. The Bertz CT molecular complexity index is 215. The highest BCUT2D eigenvalue weighted by Crippen LogP contribution is 2.25. The summed E-state index contributed by atoms with van der Waals surface area (Å²) < 4.78 is 0. The molecular formula is C11H22N2O2. The lowest BCUT2D eigenvalue weighted by atomic mass is 9.90. The maximum atomic E-state index is 12.0. The fourth-order valence-electron chi connectivity index (χ4n) is 1.76. The SMILES string of the molecule is CC(C)[C@H](N)C(=O)N(CCO)C1CCC1. The van der Waals surface area contributed by atoms with Gasteiger partial charge in [0, 0.05) is 12.6 Å². The topological polar surface area (TPSA) is 66.6 Å². The molecule has 4 nitrogen and oxygen atoms in total. The van der Waals surface area contributed by atoms with Crippen LogP contribution in [-0.4, -0.2) is 41.1 Å². The number of aliphatic hydroxyl groups excluding tert-OH is 1. The minimum atomic E-state index is -0.433. The van der Waals surface area contributed by atoms with Gasteiger partial charge < -0.3 is 15.7 Å². The van der Waals surface area contributed by atoms with Crippen LogP contribution in [0.3, 0.4) is 0 Å². The molecule has 0 bridgehead atoms. The third-order valence-corrected chi connectivity index (χ3v) is 3.14. The second-order valence-electron chi connectivity index (χ2n) is 4.61. The van der Waals surface area contributed by atoms with Crippen LogP contribution < -0.4 is 5.73 Å². The first-order valence-electron chi connectivity index (χ1n) is 5.74. The summed E-state index contributed by atoms with van der Waals surface area (Å²) in [5.41, 5.74) is 5.83. The van der Waals surface area contributed by atoms with Gasteiger partial charge in [-0.15, -0.1) is 0 Å². The first kappa shape index (κ1) is 12.5. The standard InChI is InChI=1S/C11H22N2O2/c1-8(2)10(12)11(15)13(6-7-14)9-4-3-5-9/h8-10,14H,3-7,12H2,1-2H3/t10-/m0/s1. The van der Waals surface area contributed by atoms with Gasteiger partial charge in [0.15, 0.2) is 0 Å². The first-order chi connectivity index (χ1) is 7.07. The summed E-state index contributed by atoms with van der Waals surface area (Å²) in [6, 6.07) is -0.119. The van der Waals surface area contributed by atoms with E-state index in [2.05, 4.69) is 0 Å². The molecule has 0 aromatic carbocycles. The summed E-state index contributed by atoms with van der Waals surface area (Å²) in [6.45, 7) is 4.33. The zero-order valence-corrected chi connectivity index (χ0v) is 9.65. The third kappa shape index (κ3) is 2.92. The summed E-state index contributed by atoms with van der Waals surface area (Å²) in [5, 5.41) is 8.94. The Labute approximate surface area is 91.4 Å². The zero-order chi connectivity index (χ0) is 11.4. The quantitative estimate of drug-likeness (QED) is 0.693. The Morgan fingerprint density at radius 2 is 2.13 bits per heavy atom. The van der Waals surface area contributed by atoms with E-state index in [9.17, 15) is 4.79 Å². The van der Waals surface area contributed by atoms with E-state index >= 15 is 0 Å². The fraction of sp³-hybridized carbons (Fsp3) is 0.909. The smallest absolute Gasteiger partial charge is 0.240 e. The van der Waals surface area contributed by atoms with Gasteiger partial charge in [0.25, 0.3) is 0 Å². The van der Waals surface area contributed by atoms with Gasteiger partial charge in [-0.25, -0.2) is 0 Å². The van der Waals surface area contributed by atoms with Crippen molar-refractivity contribution in [2.24, 2.45) is 11.7 Å². The molecule has 0 aromatic heterocycles. The van der Waals surface area contributed by atoms with Crippen LogP contribution in [0.1, 0.15) is 33.1 Å². The van der Waals surface area contributed by atoms with E-state index < -0.39 is 6.04 Å². The summed E-state index contributed by atoms with van der Waals surface area (Å²) in [4.78, 5) is 13.8. The van der Waals surface area contributed by atoms with E-state index in [-0.39, 0.29) is 18.4 Å². The number of nitrogens with two attached hydrogens (primary N) is 1. The molecule has 88 valence electrons. The summed E-state index contributed by atoms with van der Waals surface area (Å²) in [7, 11) is 0. The van der Waals surface area contributed by atoms with Gasteiger partial charge in [-0.05, 0) is 25.2 Å². The van der Waals surface area contributed by atoms with Gasteiger partial charge in [-0.1, -0.05) is 13.8 Å². The number of hydrogen-bond donors (Lipinski definition) is 2. The molecule has 0 aliphatic heterocycles. The molecule has 1 rings (SSSR count). The monoisotopic (exact) mass is 214 g/mol. The number of nitrogens with zero attached hydrogens (tertiary/aromatic N) is 1. The second kappa shape index (κ2) is 5.47. The van der Waals surface area contributed by atoms with E-state index in [4.69, 9.17) is 10.8 Å². The molecule has 15 heavy (non-hydrogen) atoms. The van der Waals surface area contributed by atoms with E-state index in [1.54, 1.807) is 4.90 Å². The van der Waals surface area contributed by atoms with Crippen molar-refractivity contribution in [1.82, 2.24) is 4.90 Å². The normalized spacial score (nSPS) is 18.7. The van der Waals surface area contributed by atoms with Crippen molar-refractivity contribution in [2.45, 2.75) is 45.2 Å². The number of amides is 1. The van der Waals surface area contributed by atoms with Crippen LogP contribution in [0.2, 0.25) is 0 Å². The third-order valence-electron chi connectivity index (χ3n) is 3.14. The Balaban J connectivity index is 2.57. The second-order valence-corrected chi connectivity index (χ2v) is 4.61. The molecule has 0 unspecified atom stereocenters. The Morgan fingerprint density at radius 3 is 2.47 bits per heavy atom. The van der Waals surface area contributed by atoms with Crippen molar-refractivity contribution in [3.8, 4) is 0 Å². The lowest BCUT2D eigenvalue weighted by Gasteiger charge is -2.39. The Hall–Kier alpha value is -0.610. The van der Waals surface area contributed by atoms with E-state index in [1.807, 2.05) is 13.8 Å². The Kier molecular flexibility index (Phi) is 4.54. The Morgan fingerprint density at radius 1 is 1.53 bits per heavy atom. The van der Waals surface area contributed by atoms with Gasteiger partial charge in [0.1, 0.15) is 0 Å². The van der Waals surface area contributed by atoms with Crippen LogP contribution >= 0.6 is 0 Å². The minimum Gasteiger partial charge on any atom is -0.395 e. The van der Waals surface area contributed by atoms with Crippen LogP contribution in [0, 0.1) is 5.92 Å². The lowest BCUT2D eigenvalue weighted by Crippen LogP contribution is -2.53. The van der Waals surface area contributed by atoms with Gasteiger partial charge in [0.2, 0.25) is 5.91 Å². The first-order valence-corrected chi connectivity index (χ1v) is 5.74. The van der Waals surface area contributed by atoms with E-state index in [0.717, 1.165) is 12.8 Å². The number of carbonyl (C=O) groups excluding carboxylic acids is 1. The number of hydrogen-bond acceptors (Lipinski definition) is 3. The van der Waals surface area contributed by atoms with Crippen molar-refractivity contribution in [3.05, 3.63) is 0 Å². The number of carbonyl (C=O) groups is 1. The number of rotatable bonds is 5. The average molecular weight is 214 g/mol. The molecule has 4 heteroatoms. The van der Waals surface area contributed by atoms with Crippen molar-refractivity contribution in [1.29, 1.82) is 0 Å². The molecule has 3 N–H and O–H groups in total. The molecule has 1 aliphatic carbocycles. The van der Waals surface area contributed by atoms with E-state index in [0.29, 0.717) is 12.6 Å². The zero-order valence-electron chi connectivity index (χ0n) is 9.65. The molecule has 1 amide bonds. The van der Waals surface area contributed by atoms with Crippen molar-refractivity contribution >= 4 is 5.91 Å². The minimum absolute atomic E-state index is 0.0104. The largest absolute Gasteiger partial charge is 0.395 e. The van der Waals surface area contributed by atoms with E-state index in [1.165, 1.54) is 6.42 Å². The summed E-state index contributed by atoms with van der Waals surface area (Å²) >= 11 is 0. The van der Waals surface area contributed by atoms with Crippen LogP contribution in [0.15, 0.2) is 0 Å². The maximum absolute atomic E-state index is 12.0. The van der Waals surface area contributed by atoms with Crippen molar-refractivity contribution in [3.63, 3.8) is 0 Å².